The molecule has 0 heterocycles. The zero-order valence-corrected chi connectivity index (χ0v) is 12.0. The van der Waals surface area contributed by atoms with E-state index in [9.17, 15) is 8.42 Å². The van der Waals surface area contributed by atoms with E-state index in [1.54, 1.807) is 24.3 Å². The number of sulfone groups is 1. The molecule has 0 saturated carbocycles. The molecule has 0 aromatic heterocycles. The van der Waals surface area contributed by atoms with Gasteiger partial charge in [-0.15, -0.1) is 0 Å². The number of hydrogen-bond donors (Lipinski definition) is 0. The maximum absolute atomic E-state index is 12.5. The molecule has 2 rings (SSSR count). The van der Waals surface area contributed by atoms with Gasteiger partial charge in [-0.25, -0.2) is 15.0 Å². The first-order valence-electron chi connectivity index (χ1n) is 6.25. The van der Waals surface area contributed by atoms with Crippen molar-refractivity contribution in [2.45, 2.75) is 23.6 Å². The van der Waals surface area contributed by atoms with Gasteiger partial charge >= 0.3 is 5.37 Å². The molecular formula is C16H15NO2S. The van der Waals surface area contributed by atoms with E-state index < -0.39 is 15.2 Å². The zero-order valence-electron chi connectivity index (χ0n) is 11.2. The van der Waals surface area contributed by atoms with Gasteiger partial charge in [0.1, 0.15) is 0 Å². The highest BCUT2D eigenvalue weighted by atomic mass is 32.2. The van der Waals surface area contributed by atoms with Crippen LogP contribution in [0, 0.1) is 13.5 Å². The Kier molecular flexibility index (Phi) is 4.21. The Labute approximate surface area is 119 Å². The predicted octanol–water partition coefficient (Wildman–Crippen LogP) is 3.26. The number of benzene rings is 2. The molecule has 20 heavy (non-hydrogen) atoms. The van der Waals surface area contributed by atoms with Gasteiger partial charge in [0.05, 0.1) is 11.3 Å². The molecule has 0 bridgehead atoms. The molecule has 2 aromatic carbocycles. The molecule has 4 heteroatoms. The molecule has 0 radical (unpaired) electrons. The van der Waals surface area contributed by atoms with Gasteiger partial charge in [-0.3, -0.25) is 4.85 Å². The van der Waals surface area contributed by atoms with Gasteiger partial charge < -0.3 is 0 Å². The zero-order chi connectivity index (χ0) is 14.6. The summed E-state index contributed by atoms with van der Waals surface area (Å²) in [6, 6.07) is 15.8. The normalized spacial score (nSPS) is 12.6. The molecule has 0 aliphatic heterocycles. The van der Waals surface area contributed by atoms with Crippen molar-refractivity contribution in [3.05, 3.63) is 77.1 Å². The van der Waals surface area contributed by atoms with E-state index >= 15 is 0 Å². The Bertz CT molecular complexity index is 713. The van der Waals surface area contributed by atoms with Gasteiger partial charge in [-0.05, 0) is 24.6 Å². The summed E-state index contributed by atoms with van der Waals surface area (Å²) >= 11 is 0. The highest BCUT2D eigenvalue weighted by Crippen LogP contribution is 2.21. The van der Waals surface area contributed by atoms with Crippen LogP contribution in [0.4, 0.5) is 0 Å². The van der Waals surface area contributed by atoms with Crippen LogP contribution in [0.15, 0.2) is 59.5 Å². The Morgan fingerprint density at radius 1 is 1.05 bits per heavy atom. The van der Waals surface area contributed by atoms with Crippen LogP contribution in [0.3, 0.4) is 0 Å². The highest BCUT2D eigenvalue weighted by molar-refractivity contribution is 7.92. The van der Waals surface area contributed by atoms with Crippen LogP contribution in [-0.4, -0.2) is 13.8 Å². The average Bonchev–Trinajstić information content (AvgIpc) is 2.46. The van der Waals surface area contributed by atoms with E-state index in [0.29, 0.717) is 0 Å². The minimum Gasteiger partial charge on any atom is -0.296 e. The van der Waals surface area contributed by atoms with Gasteiger partial charge in [0, 0.05) is 0 Å². The van der Waals surface area contributed by atoms with Crippen LogP contribution in [-0.2, 0) is 16.3 Å². The summed E-state index contributed by atoms with van der Waals surface area (Å²) in [4.78, 5) is 3.52. The van der Waals surface area contributed by atoms with Gasteiger partial charge in [-0.1, -0.05) is 48.0 Å². The summed E-state index contributed by atoms with van der Waals surface area (Å²) in [6.45, 7) is 9.10. The number of nitrogens with zero attached hydrogens (tertiary/aromatic N) is 1. The van der Waals surface area contributed by atoms with E-state index in [2.05, 4.69) is 4.85 Å². The summed E-state index contributed by atoms with van der Waals surface area (Å²) in [6.07, 6.45) is 0.209. The first-order chi connectivity index (χ1) is 9.54. The van der Waals surface area contributed by atoms with Crippen LogP contribution < -0.4 is 0 Å². The van der Waals surface area contributed by atoms with Gasteiger partial charge in [0.25, 0.3) is 9.84 Å². The van der Waals surface area contributed by atoms with Crippen molar-refractivity contribution in [3.8, 4) is 0 Å². The Hall–Kier alpha value is -2.12. The molecule has 0 aliphatic carbocycles. The van der Waals surface area contributed by atoms with Crippen molar-refractivity contribution in [2.24, 2.45) is 0 Å². The predicted molar refractivity (Wildman–Crippen MR) is 78.9 cm³/mol. The standard InChI is InChI=1S/C16H15NO2S/c1-13-8-10-15(11-9-13)20(18,19)16(17-2)12-14-6-4-3-5-7-14/h3-11,16H,12H2,1H3/t16-/m1/s1. The second kappa shape index (κ2) is 5.89. The summed E-state index contributed by atoms with van der Waals surface area (Å²) < 4.78 is 24.9. The van der Waals surface area contributed by atoms with Crippen molar-refractivity contribution in [1.82, 2.24) is 0 Å². The Morgan fingerprint density at radius 2 is 1.65 bits per heavy atom. The third-order valence-electron chi connectivity index (χ3n) is 3.10. The quantitative estimate of drug-likeness (QED) is 0.809. The van der Waals surface area contributed by atoms with Gasteiger partial charge in [0.2, 0.25) is 0 Å². The van der Waals surface area contributed by atoms with Crippen LogP contribution >= 0.6 is 0 Å². The topological polar surface area (TPSA) is 38.5 Å². The van der Waals surface area contributed by atoms with Crippen molar-refractivity contribution in [1.29, 1.82) is 0 Å². The molecule has 0 spiro atoms. The lowest BCUT2D eigenvalue weighted by atomic mass is 10.1. The lowest BCUT2D eigenvalue weighted by Gasteiger charge is -2.08. The summed E-state index contributed by atoms with van der Waals surface area (Å²) in [5.74, 6) is 0. The molecule has 102 valence electrons. The smallest absolute Gasteiger partial charge is 0.296 e. The number of aryl methyl sites for hydroxylation is 1. The molecule has 0 N–H and O–H groups in total. The monoisotopic (exact) mass is 285 g/mol. The number of rotatable bonds is 4. The molecular weight excluding hydrogens is 270 g/mol. The lowest BCUT2D eigenvalue weighted by Crippen LogP contribution is -2.20. The third kappa shape index (κ3) is 3.06. The largest absolute Gasteiger partial charge is 0.329 e. The van der Waals surface area contributed by atoms with Crippen LogP contribution in [0.1, 0.15) is 11.1 Å². The minimum atomic E-state index is -3.62. The second-order valence-electron chi connectivity index (χ2n) is 4.63. The van der Waals surface area contributed by atoms with Crippen molar-refractivity contribution >= 4 is 9.84 Å². The maximum atomic E-state index is 12.5. The molecule has 1 atom stereocenters. The molecule has 3 nitrogen and oxygen atoms in total. The lowest BCUT2D eigenvalue weighted by molar-refractivity contribution is 0.587. The van der Waals surface area contributed by atoms with Crippen LogP contribution in [0.5, 0.6) is 0 Å². The van der Waals surface area contributed by atoms with Crippen molar-refractivity contribution < 1.29 is 8.42 Å². The maximum Gasteiger partial charge on any atom is 0.329 e. The first kappa shape index (κ1) is 14.3. The van der Waals surface area contributed by atoms with E-state index in [4.69, 9.17) is 6.57 Å². The molecule has 0 saturated heterocycles. The fourth-order valence-electron chi connectivity index (χ4n) is 1.93. The van der Waals surface area contributed by atoms with Crippen LogP contribution in [0.2, 0.25) is 0 Å². The summed E-state index contributed by atoms with van der Waals surface area (Å²) in [5, 5.41) is -1.08. The second-order valence-corrected chi connectivity index (χ2v) is 6.74. The molecule has 0 fully saturated rings. The fraction of sp³-hybridized carbons (Fsp3) is 0.188. The fourth-order valence-corrected chi connectivity index (χ4v) is 3.31. The highest BCUT2D eigenvalue weighted by Gasteiger charge is 2.32. The Balaban J connectivity index is 2.31. The minimum absolute atomic E-state index is 0.208. The third-order valence-corrected chi connectivity index (χ3v) is 5.02. The first-order valence-corrected chi connectivity index (χ1v) is 7.80. The molecule has 2 aromatic rings. The van der Waals surface area contributed by atoms with E-state index in [0.717, 1.165) is 11.1 Å². The van der Waals surface area contributed by atoms with Gasteiger partial charge in [-0.2, -0.15) is 0 Å². The van der Waals surface area contributed by atoms with Crippen molar-refractivity contribution in [3.63, 3.8) is 0 Å². The van der Waals surface area contributed by atoms with Gasteiger partial charge in [0.15, 0.2) is 0 Å². The summed E-state index contributed by atoms with van der Waals surface area (Å²) in [7, 11) is -3.62. The Morgan fingerprint density at radius 3 is 2.20 bits per heavy atom. The summed E-state index contributed by atoms with van der Waals surface area (Å²) in [5.41, 5.74) is 1.84. The molecule has 0 unspecified atom stereocenters. The SMILES string of the molecule is [C-]#[N+][C@@H](Cc1ccccc1)S(=O)(=O)c1ccc(C)cc1. The van der Waals surface area contributed by atoms with Crippen molar-refractivity contribution in [2.75, 3.05) is 0 Å². The average molecular weight is 285 g/mol. The molecule has 0 aliphatic rings. The van der Waals surface area contributed by atoms with E-state index in [1.165, 1.54) is 0 Å². The number of hydrogen-bond acceptors (Lipinski definition) is 2. The van der Waals surface area contributed by atoms with E-state index in [1.807, 2.05) is 37.3 Å². The molecule has 0 amide bonds. The van der Waals surface area contributed by atoms with E-state index in [-0.39, 0.29) is 11.3 Å². The van der Waals surface area contributed by atoms with Crippen LogP contribution in [0.25, 0.3) is 4.85 Å².